The smallest absolute Gasteiger partial charge is 0.223 e. The fourth-order valence-corrected chi connectivity index (χ4v) is 1.16. The minimum absolute atomic E-state index is 0.111. The molecule has 1 saturated heterocycles. The van der Waals surface area contributed by atoms with E-state index in [9.17, 15) is 4.79 Å². The van der Waals surface area contributed by atoms with Crippen LogP contribution in [0.15, 0.2) is 0 Å². The third-order valence-electron chi connectivity index (χ3n) is 1.77. The Morgan fingerprint density at radius 1 is 1.80 bits per heavy atom. The van der Waals surface area contributed by atoms with E-state index < -0.39 is 0 Å². The molecule has 1 rings (SSSR count). The zero-order chi connectivity index (χ0) is 7.40. The number of nitrogens with one attached hydrogen (secondary N) is 1. The van der Waals surface area contributed by atoms with Crippen molar-refractivity contribution in [2.75, 3.05) is 6.54 Å². The molecule has 3 nitrogen and oxygen atoms in total. The molecule has 0 aromatic rings. The van der Waals surface area contributed by atoms with Crippen molar-refractivity contribution in [2.45, 2.75) is 19.3 Å². The molecule has 1 fully saturated rings. The van der Waals surface area contributed by atoms with Crippen LogP contribution >= 0.6 is 0 Å². The van der Waals surface area contributed by atoms with E-state index in [1.807, 2.05) is 6.07 Å². The summed E-state index contributed by atoms with van der Waals surface area (Å²) >= 11 is 0. The Hall–Kier alpha value is -1.04. The van der Waals surface area contributed by atoms with E-state index in [1.165, 1.54) is 0 Å². The second kappa shape index (κ2) is 3.21. The first kappa shape index (κ1) is 7.07. The highest BCUT2D eigenvalue weighted by Gasteiger charge is 2.22. The van der Waals surface area contributed by atoms with Gasteiger partial charge >= 0.3 is 0 Å². The molecule has 1 heterocycles. The van der Waals surface area contributed by atoms with Gasteiger partial charge in [0.15, 0.2) is 0 Å². The van der Waals surface area contributed by atoms with Crippen LogP contribution in [0.25, 0.3) is 0 Å². The first-order valence-corrected chi connectivity index (χ1v) is 3.49. The number of carbonyl (C=O) groups excluding carboxylic acids is 1. The Morgan fingerprint density at radius 2 is 2.60 bits per heavy atom. The van der Waals surface area contributed by atoms with Crippen LogP contribution in [0.5, 0.6) is 0 Å². The molecule has 0 spiro atoms. The van der Waals surface area contributed by atoms with Crippen LogP contribution < -0.4 is 5.32 Å². The lowest BCUT2D eigenvalue weighted by molar-refractivity contribution is -0.122. The first-order chi connectivity index (χ1) is 4.84. The predicted molar refractivity (Wildman–Crippen MR) is 36.0 cm³/mol. The molecule has 3 heteroatoms. The molecule has 0 unspecified atom stereocenters. The maximum absolute atomic E-state index is 10.9. The average Bonchev–Trinajstić information content (AvgIpc) is 2.31. The largest absolute Gasteiger partial charge is 0.356 e. The van der Waals surface area contributed by atoms with Gasteiger partial charge in [-0.05, 0) is 12.8 Å². The summed E-state index contributed by atoms with van der Waals surface area (Å²) in [5, 5.41) is 11.0. The number of nitriles is 1. The molecule has 1 aliphatic heterocycles. The Kier molecular flexibility index (Phi) is 2.27. The van der Waals surface area contributed by atoms with Gasteiger partial charge in [-0.2, -0.15) is 5.26 Å². The van der Waals surface area contributed by atoms with Gasteiger partial charge in [0.2, 0.25) is 5.91 Å². The van der Waals surface area contributed by atoms with Gasteiger partial charge in [0.1, 0.15) is 0 Å². The molecular formula is C7H10N2O. The van der Waals surface area contributed by atoms with Crippen LogP contribution in [0, 0.1) is 17.2 Å². The molecule has 54 valence electrons. The quantitative estimate of drug-likeness (QED) is 0.601. The summed E-state index contributed by atoms with van der Waals surface area (Å²) in [5.74, 6) is 0.231. The lowest BCUT2D eigenvalue weighted by Gasteiger charge is -2.00. The van der Waals surface area contributed by atoms with E-state index in [4.69, 9.17) is 5.26 Å². The minimum atomic E-state index is 0.111. The molecule has 10 heavy (non-hydrogen) atoms. The SMILES string of the molecule is N#CCC[C@H]1CCNC1=O. The molecule has 0 saturated carbocycles. The van der Waals surface area contributed by atoms with Gasteiger partial charge < -0.3 is 5.32 Å². The highest BCUT2D eigenvalue weighted by atomic mass is 16.2. The molecule has 0 bridgehead atoms. The number of amides is 1. The summed E-state index contributed by atoms with van der Waals surface area (Å²) in [6, 6.07) is 2.04. The Bertz CT molecular complexity index is 171. The monoisotopic (exact) mass is 138 g/mol. The van der Waals surface area contributed by atoms with Gasteiger partial charge in [0, 0.05) is 18.9 Å². The Morgan fingerprint density at radius 3 is 3.10 bits per heavy atom. The van der Waals surface area contributed by atoms with Crippen molar-refractivity contribution in [2.24, 2.45) is 5.92 Å². The average molecular weight is 138 g/mol. The van der Waals surface area contributed by atoms with Crippen LogP contribution in [0.2, 0.25) is 0 Å². The molecule has 1 aliphatic rings. The van der Waals surface area contributed by atoms with E-state index in [0.717, 1.165) is 19.4 Å². The molecule has 0 aromatic heterocycles. The van der Waals surface area contributed by atoms with Crippen molar-refractivity contribution in [3.8, 4) is 6.07 Å². The summed E-state index contributed by atoms with van der Waals surface area (Å²) in [4.78, 5) is 10.9. The fraction of sp³-hybridized carbons (Fsp3) is 0.714. The summed E-state index contributed by atoms with van der Waals surface area (Å²) in [7, 11) is 0. The van der Waals surface area contributed by atoms with Crippen LogP contribution in [-0.2, 0) is 4.79 Å². The van der Waals surface area contributed by atoms with E-state index in [0.29, 0.717) is 6.42 Å². The van der Waals surface area contributed by atoms with Gasteiger partial charge in [0.05, 0.1) is 6.07 Å². The molecule has 1 N–H and O–H groups in total. The maximum Gasteiger partial charge on any atom is 0.223 e. The van der Waals surface area contributed by atoms with Gasteiger partial charge in [0.25, 0.3) is 0 Å². The van der Waals surface area contributed by atoms with Crippen molar-refractivity contribution in [3.63, 3.8) is 0 Å². The molecule has 0 radical (unpaired) electrons. The van der Waals surface area contributed by atoms with Crippen molar-refractivity contribution in [3.05, 3.63) is 0 Å². The third kappa shape index (κ3) is 1.47. The lowest BCUT2D eigenvalue weighted by Crippen LogP contribution is -2.18. The molecule has 0 aromatic carbocycles. The predicted octanol–water partition coefficient (Wildman–Crippen LogP) is 0.426. The van der Waals surface area contributed by atoms with Gasteiger partial charge in [-0.1, -0.05) is 0 Å². The van der Waals surface area contributed by atoms with Crippen LogP contribution in [0.4, 0.5) is 0 Å². The third-order valence-corrected chi connectivity index (χ3v) is 1.77. The summed E-state index contributed by atoms with van der Waals surface area (Å²) in [6.45, 7) is 0.787. The van der Waals surface area contributed by atoms with E-state index in [2.05, 4.69) is 5.32 Å². The zero-order valence-electron chi connectivity index (χ0n) is 5.76. The van der Waals surface area contributed by atoms with Crippen molar-refractivity contribution in [1.29, 1.82) is 5.26 Å². The first-order valence-electron chi connectivity index (χ1n) is 3.49. The number of rotatable bonds is 2. The molecule has 0 aliphatic carbocycles. The van der Waals surface area contributed by atoms with E-state index in [-0.39, 0.29) is 11.8 Å². The fourth-order valence-electron chi connectivity index (χ4n) is 1.16. The van der Waals surface area contributed by atoms with Crippen LogP contribution in [-0.4, -0.2) is 12.5 Å². The normalized spacial score (nSPS) is 23.9. The summed E-state index contributed by atoms with van der Waals surface area (Å²) in [5.41, 5.74) is 0. The van der Waals surface area contributed by atoms with E-state index >= 15 is 0 Å². The molecule has 1 amide bonds. The topological polar surface area (TPSA) is 52.9 Å². The van der Waals surface area contributed by atoms with Gasteiger partial charge in [-0.3, -0.25) is 4.79 Å². The number of hydrogen-bond donors (Lipinski definition) is 1. The maximum atomic E-state index is 10.9. The second-order valence-corrected chi connectivity index (χ2v) is 2.47. The summed E-state index contributed by atoms with van der Waals surface area (Å²) in [6.07, 6.45) is 2.13. The van der Waals surface area contributed by atoms with E-state index in [1.54, 1.807) is 0 Å². The number of carbonyl (C=O) groups is 1. The Balaban J connectivity index is 2.28. The Labute approximate surface area is 60.0 Å². The number of nitrogens with zero attached hydrogens (tertiary/aromatic N) is 1. The van der Waals surface area contributed by atoms with Gasteiger partial charge in [-0.25, -0.2) is 0 Å². The van der Waals surface area contributed by atoms with Crippen molar-refractivity contribution in [1.82, 2.24) is 5.32 Å². The minimum Gasteiger partial charge on any atom is -0.356 e. The van der Waals surface area contributed by atoms with Gasteiger partial charge in [-0.15, -0.1) is 0 Å². The zero-order valence-corrected chi connectivity index (χ0v) is 5.76. The highest BCUT2D eigenvalue weighted by Crippen LogP contribution is 2.14. The second-order valence-electron chi connectivity index (χ2n) is 2.47. The molecular weight excluding hydrogens is 128 g/mol. The standard InChI is InChI=1S/C7H10N2O/c8-4-1-2-6-3-5-9-7(6)10/h6H,1-3,5H2,(H,9,10)/t6-/m0/s1. The van der Waals surface area contributed by atoms with Crippen molar-refractivity contribution >= 4 is 5.91 Å². The van der Waals surface area contributed by atoms with Crippen molar-refractivity contribution < 1.29 is 4.79 Å². The molecule has 1 atom stereocenters. The number of hydrogen-bond acceptors (Lipinski definition) is 2. The van der Waals surface area contributed by atoms with Crippen LogP contribution in [0.3, 0.4) is 0 Å². The summed E-state index contributed by atoms with van der Waals surface area (Å²) < 4.78 is 0. The lowest BCUT2D eigenvalue weighted by atomic mass is 10.0. The van der Waals surface area contributed by atoms with Crippen LogP contribution in [0.1, 0.15) is 19.3 Å². The highest BCUT2D eigenvalue weighted by molar-refractivity contribution is 5.80.